The summed E-state index contributed by atoms with van der Waals surface area (Å²) in [6.07, 6.45) is 4.17. The van der Waals surface area contributed by atoms with Gasteiger partial charge in [0.2, 0.25) is 16.0 Å². The summed E-state index contributed by atoms with van der Waals surface area (Å²) in [6.45, 7) is 0. The van der Waals surface area contributed by atoms with E-state index in [-0.39, 0.29) is 16.4 Å². The van der Waals surface area contributed by atoms with E-state index in [1.807, 2.05) is 0 Å². The highest BCUT2D eigenvalue weighted by Gasteiger charge is 2.11. The summed E-state index contributed by atoms with van der Waals surface area (Å²) in [7, 11) is -3.81. The van der Waals surface area contributed by atoms with Gasteiger partial charge in [-0.15, -0.1) is 0 Å². The summed E-state index contributed by atoms with van der Waals surface area (Å²) < 4.78 is 22.3. The average Bonchev–Trinajstić information content (AvgIpc) is 2.56. The lowest BCUT2D eigenvalue weighted by Crippen LogP contribution is -2.15. The first-order chi connectivity index (χ1) is 11.4. The molecule has 0 aliphatic carbocycles. The molecule has 10 heteroatoms. The lowest BCUT2D eigenvalue weighted by Gasteiger charge is -2.05. The number of rotatable bonds is 5. The molecular formula is C14H12N6O3S. The van der Waals surface area contributed by atoms with Gasteiger partial charge in [-0.2, -0.15) is 5.26 Å². The second kappa shape index (κ2) is 7.32. The van der Waals surface area contributed by atoms with E-state index in [2.05, 4.69) is 20.6 Å². The van der Waals surface area contributed by atoms with Crippen molar-refractivity contribution < 1.29 is 13.2 Å². The van der Waals surface area contributed by atoms with E-state index in [1.165, 1.54) is 42.9 Å². The maximum atomic E-state index is 12.0. The number of carbonyl (C=O) groups is 1. The first-order valence-corrected chi connectivity index (χ1v) is 8.03. The van der Waals surface area contributed by atoms with E-state index in [9.17, 15) is 13.2 Å². The Kier molecular flexibility index (Phi) is 5.20. The summed E-state index contributed by atoms with van der Waals surface area (Å²) in [4.78, 5) is 19.7. The number of carbonyl (C=O) groups excluding carboxylic acids is 1. The molecule has 0 aliphatic rings. The predicted octanol–water partition coefficient (Wildman–Crippen LogP) is 0.582. The number of aromatic nitrogens is 2. The van der Waals surface area contributed by atoms with Crippen LogP contribution in [0.1, 0.15) is 0 Å². The third kappa shape index (κ3) is 4.60. The number of nitriles is 1. The van der Waals surface area contributed by atoms with Gasteiger partial charge in [-0.1, -0.05) is 0 Å². The van der Waals surface area contributed by atoms with E-state index in [1.54, 1.807) is 12.1 Å². The van der Waals surface area contributed by atoms with Gasteiger partial charge in [0.15, 0.2) is 0 Å². The Morgan fingerprint density at radius 2 is 1.83 bits per heavy atom. The number of primary sulfonamides is 1. The maximum Gasteiger partial charge on any atom is 0.267 e. The molecule has 0 saturated carbocycles. The van der Waals surface area contributed by atoms with Crippen molar-refractivity contribution >= 4 is 27.6 Å². The van der Waals surface area contributed by atoms with Crippen molar-refractivity contribution in [2.45, 2.75) is 4.90 Å². The van der Waals surface area contributed by atoms with E-state index in [4.69, 9.17) is 10.4 Å². The number of nitrogens with one attached hydrogen (secondary N) is 2. The Labute approximate surface area is 137 Å². The smallest absolute Gasteiger partial charge is 0.267 e. The SMILES string of the molecule is N#C/C(=C/Nc1ncccn1)C(=O)Nc1ccc(S(N)(=O)=O)cc1. The van der Waals surface area contributed by atoms with Gasteiger partial charge in [0.25, 0.3) is 5.91 Å². The van der Waals surface area contributed by atoms with Crippen molar-refractivity contribution in [3.63, 3.8) is 0 Å². The molecule has 1 heterocycles. The second-order valence-electron chi connectivity index (χ2n) is 4.41. The van der Waals surface area contributed by atoms with Crippen LogP contribution in [0.5, 0.6) is 0 Å². The topological polar surface area (TPSA) is 151 Å². The molecule has 1 aromatic carbocycles. The number of hydrogen-bond donors (Lipinski definition) is 3. The minimum absolute atomic E-state index is 0.0839. The minimum Gasteiger partial charge on any atom is -0.329 e. The highest BCUT2D eigenvalue weighted by Crippen LogP contribution is 2.13. The largest absolute Gasteiger partial charge is 0.329 e. The molecule has 2 aromatic rings. The monoisotopic (exact) mass is 344 g/mol. The molecule has 1 amide bonds. The number of sulfonamides is 1. The molecule has 0 atom stereocenters. The quantitative estimate of drug-likeness (QED) is 0.530. The van der Waals surface area contributed by atoms with Crippen molar-refractivity contribution in [3.8, 4) is 6.07 Å². The Morgan fingerprint density at radius 1 is 1.21 bits per heavy atom. The first kappa shape index (κ1) is 17.1. The van der Waals surface area contributed by atoms with Crippen molar-refractivity contribution in [1.82, 2.24) is 9.97 Å². The summed E-state index contributed by atoms with van der Waals surface area (Å²) in [6, 6.07) is 8.58. The first-order valence-electron chi connectivity index (χ1n) is 6.48. The summed E-state index contributed by atoms with van der Waals surface area (Å²) >= 11 is 0. The molecule has 9 nitrogen and oxygen atoms in total. The molecule has 0 fully saturated rings. The van der Waals surface area contributed by atoms with Crippen LogP contribution in [0.2, 0.25) is 0 Å². The van der Waals surface area contributed by atoms with E-state index >= 15 is 0 Å². The number of hydrogen-bond acceptors (Lipinski definition) is 7. The molecule has 0 unspecified atom stereocenters. The van der Waals surface area contributed by atoms with Gasteiger partial charge in [-0.05, 0) is 30.3 Å². The van der Waals surface area contributed by atoms with Crippen molar-refractivity contribution in [3.05, 3.63) is 54.5 Å². The third-order valence-corrected chi connectivity index (χ3v) is 3.65. The van der Waals surface area contributed by atoms with Gasteiger partial charge in [0.1, 0.15) is 11.6 Å². The summed E-state index contributed by atoms with van der Waals surface area (Å²) in [5, 5.41) is 19.1. The maximum absolute atomic E-state index is 12.0. The fourth-order valence-electron chi connectivity index (χ4n) is 1.59. The highest BCUT2D eigenvalue weighted by molar-refractivity contribution is 7.89. The van der Waals surface area contributed by atoms with Gasteiger partial charge >= 0.3 is 0 Å². The number of amides is 1. The fourth-order valence-corrected chi connectivity index (χ4v) is 2.10. The van der Waals surface area contributed by atoms with Crippen molar-refractivity contribution in [1.29, 1.82) is 5.26 Å². The molecular weight excluding hydrogens is 332 g/mol. The lowest BCUT2D eigenvalue weighted by atomic mass is 10.2. The van der Waals surface area contributed by atoms with Gasteiger partial charge in [-0.25, -0.2) is 23.5 Å². The zero-order valence-corrected chi connectivity index (χ0v) is 13.0. The predicted molar refractivity (Wildman–Crippen MR) is 85.8 cm³/mol. The second-order valence-corrected chi connectivity index (χ2v) is 5.97. The van der Waals surface area contributed by atoms with Gasteiger partial charge in [0.05, 0.1) is 4.90 Å². The fraction of sp³-hybridized carbons (Fsp3) is 0. The molecule has 0 spiro atoms. The molecule has 4 N–H and O–H groups in total. The molecule has 122 valence electrons. The normalized spacial score (nSPS) is 11.4. The van der Waals surface area contributed by atoms with Gasteiger partial charge < -0.3 is 10.6 Å². The van der Waals surface area contributed by atoms with Crippen LogP contribution in [0.3, 0.4) is 0 Å². The van der Waals surface area contributed by atoms with Gasteiger partial charge in [-0.3, -0.25) is 4.79 Å². The van der Waals surface area contributed by atoms with Crippen molar-refractivity contribution in [2.24, 2.45) is 5.14 Å². The van der Waals surface area contributed by atoms with Crippen LogP contribution < -0.4 is 15.8 Å². The van der Waals surface area contributed by atoms with E-state index < -0.39 is 15.9 Å². The van der Waals surface area contributed by atoms with Crippen LogP contribution in [0.25, 0.3) is 0 Å². The number of anilines is 2. The van der Waals surface area contributed by atoms with E-state index in [0.717, 1.165) is 0 Å². The number of nitrogens with two attached hydrogens (primary N) is 1. The third-order valence-electron chi connectivity index (χ3n) is 2.72. The minimum atomic E-state index is -3.81. The zero-order valence-electron chi connectivity index (χ0n) is 12.2. The standard InChI is InChI=1S/C14H12N6O3S/c15-8-10(9-19-14-17-6-1-7-18-14)13(21)20-11-2-4-12(5-3-11)24(16,22)23/h1-7,9H,(H,20,21)(H2,16,22,23)(H,17,18,19)/b10-9-. The Morgan fingerprint density at radius 3 is 2.38 bits per heavy atom. The van der Waals surface area contributed by atoms with Crippen LogP contribution in [0.4, 0.5) is 11.6 Å². The van der Waals surface area contributed by atoms with E-state index in [0.29, 0.717) is 5.69 Å². The summed E-state index contributed by atoms with van der Waals surface area (Å²) in [5.74, 6) is -0.445. The van der Waals surface area contributed by atoms with Crippen LogP contribution in [0.15, 0.2) is 59.4 Å². The molecule has 0 bridgehead atoms. The molecule has 24 heavy (non-hydrogen) atoms. The molecule has 1 aromatic heterocycles. The highest BCUT2D eigenvalue weighted by atomic mass is 32.2. The number of nitrogens with zero attached hydrogens (tertiary/aromatic N) is 3. The molecule has 0 radical (unpaired) electrons. The van der Waals surface area contributed by atoms with Crippen molar-refractivity contribution in [2.75, 3.05) is 10.6 Å². The Bertz CT molecular complexity index is 902. The number of benzene rings is 1. The van der Waals surface area contributed by atoms with Crippen LogP contribution in [0, 0.1) is 11.3 Å². The van der Waals surface area contributed by atoms with Crippen LogP contribution in [-0.2, 0) is 14.8 Å². The molecule has 0 aliphatic heterocycles. The Hall–Kier alpha value is -3.29. The molecule has 0 saturated heterocycles. The summed E-state index contributed by atoms with van der Waals surface area (Å²) in [5.41, 5.74) is 0.0995. The lowest BCUT2D eigenvalue weighted by molar-refractivity contribution is -0.112. The zero-order chi connectivity index (χ0) is 17.6. The van der Waals surface area contributed by atoms with Crippen LogP contribution >= 0.6 is 0 Å². The van der Waals surface area contributed by atoms with Gasteiger partial charge in [0, 0.05) is 24.3 Å². The average molecular weight is 344 g/mol. The van der Waals surface area contributed by atoms with Crippen LogP contribution in [-0.4, -0.2) is 24.3 Å². The molecule has 2 rings (SSSR count). The Balaban J connectivity index is 2.08.